The van der Waals surface area contributed by atoms with Crippen molar-refractivity contribution in [3.8, 4) is 5.75 Å². The molecule has 1 aromatic rings. The minimum absolute atomic E-state index is 0.318. The summed E-state index contributed by atoms with van der Waals surface area (Å²) in [5.41, 5.74) is -0.216. The van der Waals surface area contributed by atoms with E-state index in [1.54, 1.807) is 6.07 Å². The number of nitrogens with one attached hydrogen (secondary N) is 1. The second kappa shape index (κ2) is 8.99. The van der Waals surface area contributed by atoms with E-state index in [2.05, 4.69) is 10.1 Å². The van der Waals surface area contributed by atoms with Gasteiger partial charge >= 0.3 is 12.5 Å². The molecule has 174 valence electrons. The van der Waals surface area contributed by atoms with Gasteiger partial charge in [0.1, 0.15) is 23.0 Å². The summed E-state index contributed by atoms with van der Waals surface area (Å²) in [6, 6.07) is 5.69. The predicted octanol–water partition coefficient (Wildman–Crippen LogP) is 4.43. The van der Waals surface area contributed by atoms with Crippen LogP contribution < -0.4 is 10.1 Å². The number of hydrogen-bond acceptors (Lipinski definition) is 4. The summed E-state index contributed by atoms with van der Waals surface area (Å²) in [6.07, 6.45) is 1.14. The van der Waals surface area contributed by atoms with E-state index < -0.39 is 18.0 Å². The largest absolute Gasteiger partial charge is 0.573 e. The standard InChI is InChI=1S/C22H27F3N4O3/c23-22(24,25)32-17-8-4-7-16(13-17)18-27-19(26-14-15-5-2-1-3-6-15)21(28-18)9-11-29(12-10-21)20(30)31/h4,7-8,13,15H,1-3,5-6,9-12,14H2,(H,30,31)(H,26,27,28). The molecule has 0 bridgehead atoms. The van der Waals surface area contributed by atoms with E-state index in [0.29, 0.717) is 55.6 Å². The molecule has 7 nitrogen and oxygen atoms in total. The van der Waals surface area contributed by atoms with Gasteiger partial charge in [-0.2, -0.15) is 0 Å². The molecule has 4 rings (SSSR count). The maximum atomic E-state index is 12.6. The van der Waals surface area contributed by atoms with E-state index in [4.69, 9.17) is 9.98 Å². The first-order valence-electron chi connectivity index (χ1n) is 11.0. The van der Waals surface area contributed by atoms with Crippen LogP contribution in [0.25, 0.3) is 0 Å². The molecule has 2 heterocycles. The Morgan fingerprint density at radius 3 is 2.62 bits per heavy atom. The highest BCUT2D eigenvalue weighted by Crippen LogP contribution is 2.33. The van der Waals surface area contributed by atoms with Crippen molar-refractivity contribution in [2.45, 2.75) is 56.8 Å². The Morgan fingerprint density at radius 1 is 1.25 bits per heavy atom. The van der Waals surface area contributed by atoms with Gasteiger partial charge in [0.05, 0.1) is 0 Å². The highest BCUT2D eigenvalue weighted by molar-refractivity contribution is 6.17. The molecule has 2 aliphatic heterocycles. The third-order valence-electron chi connectivity index (χ3n) is 6.44. The fraction of sp³-hybridized carbons (Fsp3) is 0.591. The summed E-state index contributed by atoms with van der Waals surface area (Å²) >= 11 is 0. The fourth-order valence-electron chi connectivity index (χ4n) is 4.69. The topological polar surface area (TPSA) is 86.5 Å². The lowest BCUT2D eigenvalue weighted by Crippen LogP contribution is -2.50. The maximum Gasteiger partial charge on any atom is 0.573 e. The average molecular weight is 452 g/mol. The van der Waals surface area contributed by atoms with Gasteiger partial charge in [0, 0.05) is 25.2 Å². The van der Waals surface area contributed by atoms with E-state index in [0.717, 1.165) is 12.8 Å². The second-order valence-electron chi connectivity index (χ2n) is 8.66. The Balaban J connectivity index is 1.58. The maximum absolute atomic E-state index is 12.6. The predicted molar refractivity (Wildman–Crippen MR) is 113 cm³/mol. The number of piperidine rings is 1. The van der Waals surface area contributed by atoms with Crippen LogP contribution >= 0.6 is 0 Å². The number of amidine groups is 2. The summed E-state index contributed by atoms with van der Waals surface area (Å²) in [5.74, 6) is 1.32. The number of aliphatic imine (C=N–C) groups is 2. The molecule has 1 saturated carbocycles. The highest BCUT2D eigenvalue weighted by atomic mass is 19.4. The van der Waals surface area contributed by atoms with Gasteiger partial charge < -0.3 is 20.1 Å². The molecule has 1 spiro atoms. The van der Waals surface area contributed by atoms with Crippen LogP contribution in [0.2, 0.25) is 0 Å². The number of amides is 1. The van der Waals surface area contributed by atoms with Gasteiger partial charge in [0.25, 0.3) is 0 Å². The molecule has 32 heavy (non-hydrogen) atoms. The number of rotatable bonds is 4. The van der Waals surface area contributed by atoms with E-state index in [-0.39, 0.29) is 5.75 Å². The first-order valence-corrected chi connectivity index (χ1v) is 11.0. The molecule has 0 unspecified atom stereocenters. The Bertz CT molecular complexity index is 902. The van der Waals surface area contributed by atoms with Crippen LogP contribution in [-0.2, 0) is 0 Å². The van der Waals surface area contributed by atoms with Gasteiger partial charge in [0.15, 0.2) is 0 Å². The molecule has 1 aromatic carbocycles. The van der Waals surface area contributed by atoms with Crippen LogP contribution in [0.15, 0.2) is 34.3 Å². The summed E-state index contributed by atoms with van der Waals surface area (Å²) in [5, 5.41) is 12.5. The lowest BCUT2D eigenvalue weighted by Gasteiger charge is -2.35. The zero-order valence-corrected chi connectivity index (χ0v) is 17.7. The monoisotopic (exact) mass is 452 g/mol. The lowest BCUT2D eigenvalue weighted by molar-refractivity contribution is -0.274. The van der Waals surface area contributed by atoms with Gasteiger partial charge in [-0.3, -0.25) is 9.98 Å². The number of alkyl halides is 3. The normalized spacial score (nSPS) is 22.7. The Kier molecular flexibility index (Phi) is 6.30. The smallest absolute Gasteiger partial charge is 0.465 e. The van der Waals surface area contributed by atoms with Crippen LogP contribution in [0.4, 0.5) is 18.0 Å². The number of carbonyl (C=O) groups is 1. The Morgan fingerprint density at radius 2 is 1.97 bits per heavy atom. The van der Waals surface area contributed by atoms with Crippen molar-refractivity contribution in [2.24, 2.45) is 15.9 Å². The molecule has 0 radical (unpaired) electrons. The van der Waals surface area contributed by atoms with Crippen molar-refractivity contribution >= 4 is 17.8 Å². The minimum Gasteiger partial charge on any atom is -0.465 e. The molecule has 1 saturated heterocycles. The van der Waals surface area contributed by atoms with Crippen molar-refractivity contribution in [1.29, 1.82) is 0 Å². The molecule has 1 amide bonds. The second-order valence-corrected chi connectivity index (χ2v) is 8.66. The number of ether oxygens (including phenoxy) is 1. The summed E-state index contributed by atoms with van der Waals surface area (Å²) in [4.78, 5) is 22.4. The molecule has 3 aliphatic rings. The molecular weight excluding hydrogens is 425 g/mol. The highest BCUT2D eigenvalue weighted by Gasteiger charge is 2.45. The van der Waals surface area contributed by atoms with Crippen LogP contribution in [0, 0.1) is 5.92 Å². The SMILES string of the molecule is O=C(O)N1CCC2(CC1)N=C(c1cccc(OC(F)(F)F)c1)NC2=NCC1CCCCC1. The summed E-state index contributed by atoms with van der Waals surface area (Å²) in [7, 11) is 0. The Hall–Kier alpha value is -2.78. The van der Waals surface area contributed by atoms with Gasteiger partial charge in [-0.05, 0) is 43.7 Å². The number of halogens is 3. The van der Waals surface area contributed by atoms with Crippen LogP contribution in [0.3, 0.4) is 0 Å². The van der Waals surface area contributed by atoms with E-state index in [9.17, 15) is 23.1 Å². The summed E-state index contributed by atoms with van der Waals surface area (Å²) < 4.78 is 42.0. The first-order chi connectivity index (χ1) is 15.2. The number of benzene rings is 1. The van der Waals surface area contributed by atoms with E-state index in [1.165, 1.54) is 42.4 Å². The summed E-state index contributed by atoms with van der Waals surface area (Å²) in [6.45, 7) is 1.33. The number of hydrogen-bond donors (Lipinski definition) is 2. The van der Waals surface area contributed by atoms with E-state index >= 15 is 0 Å². The zero-order valence-electron chi connectivity index (χ0n) is 17.7. The molecule has 0 aromatic heterocycles. The van der Waals surface area contributed by atoms with Crippen molar-refractivity contribution in [3.63, 3.8) is 0 Å². The first kappa shape index (κ1) is 22.4. The minimum atomic E-state index is -4.78. The van der Waals surface area contributed by atoms with Crippen molar-refractivity contribution < 1.29 is 27.8 Å². The molecule has 0 atom stereocenters. The number of carboxylic acid groups (broad SMARTS) is 1. The Labute approximate surface area is 184 Å². The van der Waals surface area contributed by atoms with Gasteiger partial charge in [0.2, 0.25) is 0 Å². The van der Waals surface area contributed by atoms with Crippen LogP contribution in [-0.4, -0.2) is 59.3 Å². The molecule has 2 N–H and O–H groups in total. The van der Waals surface area contributed by atoms with E-state index in [1.807, 2.05) is 0 Å². The van der Waals surface area contributed by atoms with Gasteiger partial charge in [-0.25, -0.2) is 4.79 Å². The fourth-order valence-corrected chi connectivity index (χ4v) is 4.69. The third kappa shape index (κ3) is 5.16. The molecular formula is C22H27F3N4O3. The van der Waals surface area contributed by atoms with Gasteiger partial charge in [-0.1, -0.05) is 31.4 Å². The van der Waals surface area contributed by atoms with Crippen LogP contribution in [0.1, 0.15) is 50.5 Å². The van der Waals surface area contributed by atoms with Crippen molar-refractivity contribution in [1.82, 2.24) is 10.2 Å². The molecule has 1 aliphatic carbocycles. The average Bonchev–Trinajstić information content (AvgIpc) is 3.10. The van der Waals surface area contributed by atoms with Crippen LogP contribution in [0.5, 0.6) is 5.75 Å². The van der Waals surface area contributed by atoms with Crippen molar-refractivity contribution in [2.75, 3.05) is 19.6 Å². The molecule has 2 fully saturated rings. The number of nitrogens with zero attached hydrogens (tertiary/aromatic N) is 3. The zero-order chi connectivity index (χ0) is 22.8. The van der Waals surface area contributed by atoms with Gasteiger partial charge in [-0.15, -0.1) is 13.2 Å². The molecule has 10 heteroatoms. The van der Waals surface area contributed by atoms with Crippen molar-refractivity contribution in [3.05, 3.63) is 29.8 Å². The number of likely N-dealkylation sites (tertiary alicyclic amines) is 1. The quantitative estimate of drug-likeness (QED) is 0.708. The lowest BCUT2D eigenvalue weighted by atomic mass is 9.87. The third-order valence-corrected chi connectivity index (χ3v) is 6.44.